The van der Waals surface area contributed by atoms with Crippen LogP contribution in [0.1, 0.15) is 33.4 Å². The van der Waals surface area contributed by atoms with Crippen LogP contribution in [0.5, 0.6) is 0 Å². The molecule has 1 aromatic heterocycles. The molecular formula is C14H24N4O2. The number of hydrogen-bond acceptors (Lipinski definition) is 5. The lowest BCUT2D eigenvalue weighted by molar-refractivity contribution is -0.149. The van der Waals surface area contributed by atoms with Gasteiger partial charge in [0, 0.05) is 30.9 Å². The first-order chi connectivity index (χ1) is 9.54. The van der Waals surface area contributed by atoms with Gasteiger partial charge in [0.1, 0.15) is 6.04 Å². The number of carbonyl (C=O) groups is 1. The molecule has 0 fully saturated rings. The van der Waals surface area contributed by atoms with E-state index in [0.717, 1.165) is 11.3 Å². The van der Waals surface area contributed by atoms with Gasteiger partial charge in [-0.1, -0.05) is 20.8 Å². The average molecular weight is 280 g/mol. The van der Waals surface area contributed by atoms with Crippen molar-refractivity contribution in [1.82, 2.24) is 14.8 Å². The van der Waals surface area contributed by atoms with Crippen molar-refractivity contribution in [2.75, 3.05) is 6.61 Å². The van der Waals surface area contributed by atoms with Gasteiger partial charge in [0.05, 0.1) is 12.3 Å². The first kappa shape index (κ1) is 16.2. The molecule has 6 nitrogen and oxygen atoms in total. The maximum atomic E-state index is 11.8. The molecule has 2 N–H and O–H groups in total. The lowest BCUT2D eigenvalue weighted by atomic mass is 9.95. The number of aryl methyl sites for hydroxylation is 1. The Bertz CT molecular complexity index is 481. The summed E-state index contributed by atoms with van der Waals surface area (Å²) in [6, 6.07) is 1.44. The topological polar surface area (TPSA) is 73.4 Å². The van der Waals surface area contributed by atoms with Crippen molar-refractivity contribution in [3.63, 3.8) is 0 Å². The van der Waals surface area contributed by atoms with Crippen molar-refractivity contribution in [2.24, 2.45) is 18.8 Å². The zero-order valence-electron chi connectivity index (χ0n) is 12.8. The number of carbonyl (C=O) groups excluding carboxylic acids is 1. The van der Waals surface area contributed by atoms with Crippen LogP contribution in [0.25, 0.3) is 5.57 Å². The Morgan fingerprint density at radius 3 is 2.65 bits per heavy atom. The Morgan fingerprint density at radius 1 is 1.50 bits per heavy atom. The van der Waals surface area contributed by atoms with Crippen molar-refractivity contribution in [3.8, 4) is 0 Å². The number of ether oxygens (including phenoxy) is 1. The highest BCUT2D eigenvalue weighted by molar-refractivity contribution is 5.83. The van der Waals surface area contributed by atoms with E-state index in [2.05, 4.69) is 5.10 Å². The van der Waals surface area contributed by atoms with Crippen molar-refractivity contribution < 1.29 is 9.53 Å². The van der Waals surface area contributed by atoms with E-state index in [-0.39, 0.29) is 11.9 Å². The van der Waals surface area contributed by atoms with Crippen LogP contribution in [-0.4, -0.2) is 33.4 Å². The van der Waals surface area contributed by atoms with E-state index in [0.29, 0.717) is 6.61 Å². The molecule has 112 valence electrons. The average Bonchev–Trinajstić information content (AvgIpc) is 2.96. The summed E-state index contributed by atoms with van der Waals surface area (Å²) in [5.74, 6) is 5.52. The fourth-order valence-corrected chi connectivity index (χ4v) is 2.21. The van der Waals surface area contributed by atoms with Crippen molar-refractivity contribution in [3.05, 3.63) is 24.2 Å². The van der Waals surface area contributed by atoms with Crippen LogP contribution in [0.3, 0.4) is 0 Å². The second-order valence-corrected chi connectivity index (χ2v) is 4.39. The largest absolute Gasteiger partial charge is 0.464 e. The summed E-state index contributed by atoms with van der Waals surface area (Å²) in [7, 11) is 1.85. The van der Waals surface area contributed by atoms with Gasteiger partial charge in [0.2, 0.25) is 0 Å². The lowest BCUT2D eigenvalue weighted by Gasteiger charge is -2.22. The molecule has 2 atom stereocenters. The normalized spacial score (nSPS) is 21.1. The molecular weight excluding hydrogens is 256 g/mol. The molecule has 20 heavy (non-hydrogen) atoms. The zero-order chi connectivity index (χ0) is 15.3. The molecule has 2 heterocycles. The van der Waals surface area contributed by atoms with Crippen LogP contribution >= 0.6 is 0 Å². The third kappa shape index (κ3) is 3.19. The molecule has 1 aromatic rings. The van der Waals surface area contributed by atoms with Crippen molar-refractivity contribution in [2.45, 2.75) is 33.7 Å². The minimum atomic E-state index is -0.470. The summed E-state index contributed by atoms with van der Waals surface area (Å²) in [4.78, 5) is 11.8. The lowest BCUT2D eigenvalue weighted by Crippen LogP contribution is -2.43. The van der Waals surface area contributed by atoms with Gasteiger partial charge < -0.3 is 9.75 Å². The molecule has 0 bridgehead atoms. The molecule has 0 spiro atoms. The molecule has 2 rings (SSSR count). The number of esters is 1. The fraction of sp³-hybridized carbons (Fsp3) is 0.571. The van der Waals surface area contributed by atoms with Crippen LogP contribution < -0.4 is 5.84 Å². The number of nitrogens with zero attached hydrogens (tertiary/aromatic N) is 3. The van der Waals surface area contributed by atoms with Gasteiger partial charge in [-0.15, -0.1) is 0 Å². The first-order valence-corrected chi connectivity index (χ1v) is 6.96. The Labute approximate surface area is 120 Å². The zero-order valence-corrected chi connectivity index (χ0v) is 12.8. The van der Waals surface area contributed by atoms with Crippen molar-refractivity contribution in [1.29, 1.82) is 0 Å². The number of hydrogen-bond donors (Lipinski definition) is 1. The minimum absolute atomic E-state index is 0.0380. The van der Waals surface area contributed by atoms with Gasteiger partial charge in [0.15, 0.2) is 0 Å². The van der Waals surface area contributed by atoms with E-state index >= 15 is 0 Å². The van der Waals surface area contributed by atoms with Gasteiger partial charge in [-0.2, -0.15) is 5.10 Å². The third-order valence-corrected chi connectivity index (χ3v) is 3.11. The highest BCUT2D eigenvalue weighted by Crippen LogP contribution is 2.33. The molecule has 0 radical (unpaired) electrons. The predicted octanol–water partition coefficient (Wildman–Crippen LogP) is 1.54. The summed E-state index contributed by atoms with van der Waals surface area (Å²) >= 11 is 0. The van der Waals surface area contributed by atoms with E-state index in [1.165, 1.54) is 5.01 Å². The first-order valence-electron chi connectivity index (χ1n) is 6.96. The van der Waals surface area contributed by atoms with Gasteiger partial charge >= 0.3 is 5.97 Å². The number of hydrazine groups is 1. The molecule has 2 unspecified atom stereocenters. The highest BCUT2D eigenvalue weighted by Gasteiger charge is 2.38. The van der Waals surface area contributed by atoms with Gasteiger partial charge in [-0.3, -0.25) is 4.68 Å². The molecule has 1 aliphatic rings. The number of nitrogens with two attached hydrogens (primary N) is 1. The molecule has 0 saturated heterocycles. The third-order valence-electron chi connectivity index (χ3n) is 3.11. The van der Waals surface area contributed by atoms with E-state index in [1.54, 1.807) is 17.8 Å². The maximum Gasteiger partial charge on any atom is 0.330 e. The van der Waals surface area contributed by atoms with Crippen molar-refractivity contribution >= 4 is 11.5 Å². The van der Waals surface area contributed by atoms with E-state index in [4.69, 9.17) is 10.6 Å². The Hall–Kier alpha value is -1.82. The minimum Gasteiger partial charge on any atom is -0.464 e. The predicted molar refractivity (Wildman–Crippen MR) is 78.1 cm³/mol. The molecule has 0 amide bonds. The molecule has 0 aliphatic carbocycles. The van der Waals surface area contributed by atoms with Gasteiger partial charge in [-0.05, 0) is 13.0 Å². The molecule has 6 heteroatoms. The van der Waals surface area contributed by atoms with Crippen LogP contribution in [0.2, 0.25) is 0 Å². The highest BCUT2D eigenvalue weighted by atomic mass is 16.5. The van der Waals surface area contributed by atoms with Gasteiger partial charge in [-0.25, -0.2) is 10.6 Å². The Morgan fingerprint density at radius 2 is 2.15 bits per heavy atom. The summed E-state index contributed by atoms with van der Waals surface area (Å²) in [6.45, 7) is 8.09. The van der Waals surface area contributed by atoms with Crippen LogP contribution in [-0.2, 0) is 16.6 Å². The second-order valence-electron chi connectivity index (χ2n) is 4.39. The Kier molecular flexibility index (Phi) is 5.76. The quantitative estimate of drug-likeness (QED) is 0.671. The van der Waals surface area contributed by atoms with E-state index in [1.807, 2.05) is 40.1 Å². The molecule has 0 saturated carbocycles. The van der Waals surface area contributed by atoms with Crippen LogP contribution in [0.4, 0.5) is 0 Å². The summed E-state index contributed by atoms with van der Waals surface area (Å²) in [6.07, 6.45) is 3.62. The maximum absolute atomic E-state index is 11.8. The van der Waals surface area contributed by atoms with Crippen LogP contribution in [0, 0.1) is 5.92 Å². The standard InChI is InChI=1S/C12H18N4O2.C2H6/c1-4-18-12(17)11-8(2)9(7-16(11)13)10-5-6-15(3)14-10;1-2/h5-8,11H,4,13H2,1-3H3;1-2H3. The van der Waals surface area contributed by atoms with E-state index < -0.39 is 6.04 Å². The van der Waals surface area contributed by atoms with Crippen LogP contribution in [0.15, 0.2) is 18.5 Å². The fourth-order valence-electron chi connectivity index (χ4n) is 2.21. The molecule has 1 aliphatic heterocycles. The Balaban J connectivity index is 0.000000956. The second kappa shape index (κ2) is 7.09. The number of rotatable bonds is 3. The number of aromatic nitrogens is 2. The molecule has 0 aromatic carbocycles. The summed E-state index contributed by atoms with van der Waals surface area (Å²) < 4.78 is 6.76. The monoisotopic (exact) mass is 280 g/mol. The summed E-state index contributed by atoms with van der Waals surface area (Å²) in [5.41, 5.74) is 1.79. The SMILES string of the molecule is CC.CCOC(=O)C1C(C)C(c2ccn(C)n2)=CN1N. The van der Waals surface area contributed by atoms with E-state index in [9.17, 15) is 4.79 Å². The summed E-state index contributed by atoms with van der Waals surface area (Å²) in [5, 5.41) is 5.74. The smallest absolute Gasteiger partial charge is 0.330 e. The van der Waals surface area contributed by atoms with Gasteiger partial charge in [0.25, 0.3) is 0 Å².